The lowest BCUT2D eigenvalue weighted by Gasteiger charge is -2.28. The number of carbonyl (C=O) groups excluding carboxylic acids is 2. The number of benzene rings is 2. The fourth-order valence-electron chi connectivity index (χ4n) is 5.09. The van der Waals surface area contributed by atoms with Gasteiger partial charge in [-0.2, -0.15) is 0 Å². The quantitative estimate of drug-likeness (QED) is 0.245. The number of nitrogens with zero attached hydrogens (tertiary/aromatic N) is 2. The molecule has 2 saturated heterocycles. The molecule has 1 atom stereocenters. The molecule has 1 amide bonds. The molecule has 8 nitrogen and oxygen atoms in total. The highest BCUT2D eigenvalue weighted by Crippen LogP contribution is 2.40. The Balaban J connectivity index is 1.36. The van der Waals surface area contributed by atoms with Crippen molar-refractivity contribution in [1.29, 1.82) is 0 Å². The molecule has 5 rings (SSSR count). The molecule has 2 fully saturated rings. The van der Waals surface area contributed by atoms with E-state index in [1.165, 1.54) is 4.90 Å². The van der Waals surface area contributed by atoms with Gasteiger partial charge in [0, 0.05) is 31.7 Å². The third-order valence-corrected chi connectivity index (χ3v) is 7.33. The first-order valence-electron chi connectivity index (χ1n) is 13.3. The summed E-state index contributed by atoms with van der Waals surface area (Å²) in [4.78, 5) is 30.2. The lowest BCUT2D eigenvalue weighted by Crippen LogP contribution is -2.38. The molecule has 39 heavy (non-hydrogen) atoms. The summed E-state index contributed by atoms with van der Waals surface area (Å²) >= 11 is 0. The maximum Gasteiger partial charge on any atom is 0.295 e. The normalized spacial score (nSPS) is 19.5. The zero-order valence-corrected chi connectivity index (χ0v) is 22.4. The van der Waals surface area contributed by atoms with E-state index in [1.807, 2.05) is 38.1 Å². The van der Waals surface area contributed by atoms with E-state index in [2.05, 4.69) is 4.90 Å². The van der Waals surface area contributed by atoms with Crippen molar-refractivity contribution in [3.8, 4) is 5.75 Å². The first-order valence-corrected chi connectivity index (χ1v) is 13.3. The molecule has 0 aliphatic carbocycles. The van der Waals surface area contributed by atoms with E-state index < -0.39 is 17.7 Å². The second-order valence-electron chi connectivity index (χ2n) is 9.99. The number of carbonyl (C=O) groups is 2. The monoisotopic (exact) mass is 530 g/mol. The van der Waals surface area contributed by atoms with E-state index in [0.29, 0.717) is 55.6 Å². The van der Waals surface area contributed by atoms with Crippen molar-refractivity contribution < 1.29 is 28.6 Å². The molecular formula is C31H34N2O6. The van der Waals surface area contributed by atoms with Crippen molar-refractivity contribution in [2.75, 3.05) is 39.4 Å². The smallest absolute Gasteiger partial charge is 0.295 e. The van der Waals surface area contributed by atoms with E-state index in [0.717, 1.165) is 30.8 Å². The van der Waals surface area contributed by atoms with E-state index in [-0.39, 0.29) is 11.3 Å². The Morgan fingerprint density at radius 3 is 2.41 bits per heavy atom. The molecule has 1 aromatic heterocycles. The van der Waals surface area contributed by atoms with Gasteiger partial charge in [0.1, 0.15) is 35.7 Å². The molecular weight excluding hydrogens is 496 g/mol. The maximum absolute atomic E-state index is 13.2. The summed E-state index contributed by atoms with van der Waals surface area (Å²) in [5, 5.41) is 11.3. The summed E-state index contributed by atoms with van der Waals surface area (Å²) in [5.74, 6) is 0.190. The molecule has 0 bridgehead atoms. The van der Waals surface area contributed by atoms with Crippen molar-refractivity contribution in [3.63, 3.8) is 0 Å². The standard InChI is InChI=1S/C31H34N2O6/c1-21-6-3-4-7-24(21)20-38-25-11-9-23(10-12-25)29(34)27-28(26-13-8-22(2)39-26)33(31(36)30(27)35)15-5-14-32-16-18-37-19-17-32/h3-4,6-13,28,34H,5,14-20H2,1-2H3/b29-27+/t28-/m1/s1. The summed E-state index contributed by atoms with van der Waals surface area (Å²) in [6.45, 7) is 8.53. The van der Waals surface area contributed by atoms with Crippen molar-refractivity contribution in [1.82, 2.24) is 9.80 Å². The number of morpholine rings is 1. The second kappa shape index (κ2) is 11.9. The Hall–Kier alpha value is -3.88. The molecule has 2 aromatic carbocycles. The number of amides is 1. The minimum absolute atomic E-state index is 0.0364. The van der Waals surface area contributed by atoms with Gasteiger partial charge in [0.05, 0.1) is 18.8 Å². The van der Waals surface area contributed by atoms with Gasteiger partial charge in [0.2, 0.25) is 0 Å². The van der Waals surface area contributed by atoms with Crippen LogP contribution in [0.4, 0.5) is 0 Å². The van der Waals surface area contributed by atoms with Crippen LogP contribution < -0.4 is 4.74 Å². The number of hydrogen-bond acceptors (Lipinski definition) is 7. The van der Waals surface area contributed by atoms with Crippen molar-refractivity contribution in [2.24, 2.45) is 0 Å². The van der Waals surface area contributed by atoms with Gasteiger partial charge in [-0.3, -0.25) is 14.5 Å². The van der Waals surface area contributed by atoms with Gasteiger partial charge in [0.25, 0.3) is 11.7 Å². The summed E-state index contributed by atoms with van der Waals surface area (Å²) in [7, 11) is 0. The number of rotatable bonds is 9. The van der Waals surface area contributed by atoms with E-state index >= 15 is 0 Å². The molecule has 2 aliphatic rings. The van der Waals surface area contributed by atoms with Crippen LogP contribution in [0.5, 0.6) is 5.75 Å². The minimum Gasteiger partial charge on any atom is -0.507 e. The number of likely N-dealkylation sites (tertiary alicyclic amines) is 1. The first kappa shape index (κ1) is 26.7. The van der Waals surface area contributed by atoms with Crippen LogP contribution >= 0.6 is 0 Å². The molecule has 3 aromatic rings. The third kappa shape index (κ3) is 5.92. The Morgan fingerprint density at radius 2 is 1.72 bits per heavy atom. The summed E-state index contributed by atoms with van der Waals surface area (Å²) in [6, 6.07) is 17.7. The van der Waals surface area contributed by atoms with Crippen molar-refractivity contribution >= 4 is 17.4 Å². The molecule has 2 aliphatic heterocycles. The van der Waals surface area contributed by atoms with Crippen LogP contribution in [0.25, 0.3) is 5.76 Å². The molecule has 0 saturated carbocycles. The molecule has 8 heteroatoms. The topological polar surface area (TPSA) is 92.5 Å². The average molecular weight is 531 g/mol. The molecule has 0 radical (unpaired) electrons. The van der Waals surface area contributed by atoms with Gasteiger partial charge in [-0.25, -0.2) is 0 Å². The zero-order chi connectivity index (χ0) is 27.4. The highest BCUT2D eigenvalue weighted by Gasteiger charge is 2.47. The predicted octanol–water partition coefficient (Wildman–Crippen LogP) is 4.62. The van der Waals surface area contributed by atoms with Crippen LogP contribution in [0.15, 0.2) is 70.7 Å². The van der Waals surface area contributed by atoms with Gasteiger partial charge in [-0.1, -0.05) is 24.3 Å². The highest BCUT2D eigenvalue weighted by atomic mass is 16.5. The minimum atomic E-state index is -0.791. The van der Waals surface area contributed by atoms with Gasteiger partial charge >= 0.3 is 0 Å². The number of ether oxygens (including phenoxy) is 2. The van der Waals surface area contributed by atoms with Crippen LogP contribution in [-0.2, 0) is 20.9 Å². The number of hydrogen-bond donors (Lipinski definition) is 1. The lowest BCUT2D eigenvalue weighted by atomic mass is 9.99. The third-order valence-electron chi connectivity index (χ3n) is 7.33. The Kier molecular flexibility index (Phi) is 8.14. The first-order chi connectivity index (χ1) is 18.9. The van der Waals surface area contributed by atoms with Crippen molar-refractivity contribution in [3.05, 3.63) is 94.4 Å². The fraction of sp³-hybridized carbons (Fsp3) is 0.355. The number of aryl methyl sites for hydroxylation is 2. The van der Waals surface area contributed by atoms with Crippen LogP contribution in [0, 0.1) is 13.8 Å². The van der Waals surface area contributed by atoms with E-state index in [9.17, 15) is 14.7 Å². The van der Waals surface area contributed by atoms with Gasteiger partial charge in [-0.15, -0.1) is 0 Å². The van der Waals surface area contributed by atoms with Gasteiger partial charge < -0.3 is 23.9 Å². The molecule has 204 valence electrons. The SMILES string of the molecule is Cc1ccc([C@@H]2/C(=C(\O)c3ccc(OCc4ccccc4C)cc3)C(=O)C(=O)N2CCCN2CCOCC2)o1. The number of furan rings is 1. The fourth-order valence-corrected chi connectivity index (χ4v) is 5.09. The average Bonchev–Trinajstić information content (AvgIpc) is 3.49. The summed E-state index contributed by atoms with van der Waals surface area (Å²) in [6.07, 6.45) is 0.691. The predicted molar refractivity (Wildman–Crippen MR) is 146 cm³/mol. The molecule has 3 heterocycles. The van der Waals surface area contributed by atoms with Gasteiger partial charge in [-0.05, 0) is 67.8 Å². The highest BCUT2D eigenvalue weighted by molar-refractivity contribution is 6.46. The maximum atomic E-state index is 13.2. The van der Waals surface area contributed by atoms with Crippen LogP contribution in [0.3, 0.4) is 0 Å². The summed E-state index contributed by atoms with van der Waals surface area (Å²) < 4.78 is 17.2. The summed E-state index contributed by atoms with van der Waals surface area (Å²) in [5.41, 5.74) is 2.70. The molecule has 0 spiro atoms. The second-order valence-corrected chi connectivity index (χ2v) is 9.99. The number of aliphatic hydroxyl groups is 1. The van der Waals surface area contributed by atoms with Gasteiger partial charge in [0.15, 0.2) is 0 Å². The van der Waals surface area contributed by atoms with E-state index in [1.54, 1.807) is 36.4 Å². The van der Waals surface area contributed by atoms with Crippen LogP contribution in [0.1, 0.15) is 40.7 Å². The number of aliphatic hydroxyl groups excluding tert-OH is 1. The Bertz CT molecular complexity index is 1350. The van der Waals surface area contributed by atoms with Crippen molar-refractivity contribution in [2.45, 2.75) is 32.9 Å². The lowest BCUT2D eigenvalue weighted by molar-refractivity contribution is -0.140. The Labute approximate surface area is 228 Å². The van der Waals surface area contributed by atoms with Crippen LogP contribution in [-0.4, -0.2) is 66.0 Å². The zero-order valence-electron chi connectivity index (χ0n) is 22.4. The Morgan fingerprint density at radius 1 is 0.974 bits per heavy atom. The van der Waals surface area contributed by atoms with E-state index in [4.69, 9.17) is 13.9 Å². The largest absolute Gasteiger partial charge is 0.507 e. The molecule has 1 N–H and O–H groups in total. The van der Waals surface area contributed by atoms with Crippen LogP contribution in [0.2, 0.25) is 0 Å². The molecule has 0 unspecified atom stereocenters. The number of Topliss-reactive ketones (excluding diaryl/α,β-unsaturated/α-hetero) is 1. The number of ketones is 1.